The summed E-state index contributed by atoms with van der Waals surface area (Å²) >= 11 is 0. The molecular formula is C8H6N4O. The summed E-state index contributed by atoms with van der Waals surface area (Å²) in [6, 6.07) is 3.60. The fraction of sp³-hybridized carbons (Fsp3) is 0.125. The van der Waals surface area contributed by atoms with Crippen LogP contribution in [0, 0.1) is 18.3 Å². The maximum Gasteiger partial charge on any atom is 0.347 e. The van der Waals surface area contributed by atoms with Crippen LogP contribution in [0.25, 0.3) is 5.65 Å². The Hall–Kier alpha value is -2.09. The van der Waals surface area contributed by atoms with Gasteiger partial charge < -0.3 is 0 Å². The fourth-order valence-corrected chi connectivity index (χ4v) is 1.17. The van der Waals surface area contributed by atoms with Crippen LogP contribution in [0.2, 0.25) is 0 Å². The average Bonchev–Trinajstić information content (AvgIpc) is 2.47. The first-order valence-electron chi connectivity index (χ1n) is 3.70. The number of rotatable bonds is 0. The first-order valence-corrected chi connectivity index (χ1v) is 3.70. The van der Waals surface area contributed by atoms with Gasteiger partial charge >= 0.3 is 5.69 Å². The van der Waals surface area contributed by atoms with Crippen molar-refractivity contribution in [2.45, 2.75) is 6.92 Å². The first-order chi connectivity index (χ1) is 6.22. The quantitative estimate of drug-likeness (QED) is 0.620. The SMILES string of the molecule is Cc1cn2c(=O)[nH]nc2cc1C#N. The van der Waals surface area contributed by atoms with Gasteiger partial charge in [0.2, 0.25) is 0 Å². The maximum atomic E-state index is 11.1. The second-order valence-electron chi connectivity index (χ2n) is 2.74. The molecule has 0 amide bonds. The Morgan fingerprint density at radius 1 is 1.69 bits per heavy atom. The zero-order valence-corrected chi connectivity index (χ0v) is 6.90. The van der Waals surface area contributed by atoms with Crippen molar-refractivity contribution in [1.82, 2.24) is 14.6 Å². The van der Waals surface area contributed by atoms with Crippen molar-refractivity contribution in [3.8, 4) is 6.07 Å². The average molecular weight is 174 g/mol. The van der Waals surface area contributed by atoms with Crippen LogP contribution >= 0.6 is 0 Å². The molecule has 0 unspecified atom stereocenters. The van der Waals surface area contributed by atoms with Crippen LogP contribution in [-0.4, -0.2) is 14.6 Å². The van der Waals surface area contributed by atoms with E-state index in [1.165, 1.54) is 4.40 Å². The second-order valence-corrected chi connectivity index (χ2v) is 2.74. The van der Waals surface area contributed by atoms with E-state index in [2.05, 4.69) is 10.2 Å². The molecule has 0 saturated carbocycles. The molecule has 0 aliphatic carbocycles. The number of aryl methyl sites for hydroxylation is 1. The summed E-state index contributed by atoms with van der Waals surface area (Å²) in [6.07, 6.45) is 1.60. The molecule has 0 aromatic carbocycles. The van der Waals surface area contributed by atoms with Gasteiger partial charge in [0.1, 0.15) is 0 Å². The standard InChI is InChI=1S/C8H6N4O/c1-5-4-12-7(2-6(5)3-9)10-11-8(12)13/h2,4H,1H3,(H,11,13). The lowest BCUT2D eigenvalue weighted by Gasteiger charge is -1.96. The molecule has 0 aliphatic heterocycles. The minimum atomic E-state index is -0.289. The number of fused-ring (bicyclic) bond motifs is 1. The number of H-pyrrole nitrogens is 1. The smallest absolute Gasteiger partial charge is 0.250 e. The highest BCUT2D eigenvalue weighted by Gasteiger charge is 2.03. The number of nitrogens with zero attached hydrogens (tertiary/aromatic N) is 3. The molecule has 64 valence electrons. The van der Waals surface area contributed by atoms with E-state index in [0.29, 0.717) is 11.2 Å². The van der Waals surface area contributed by atoms with E-state index in [9.17, 15) is 4.79 Å². The molecule has 2 aromatic rings. The molecular weight excluding hydrogens is 168 g/mol. The van der Waals surface area contributed by atoms with Crippen molar-refractivity contribution < 1.29 is 0 Å². The summed E-state index contributed by atoms with van der Waals surface area (Å²) in [6.45, 7) is 1.78. The topological polar surface area (TPSA) is 73.9 Å². The number of nitriles is 1. The molecule has 0 radical (unpaired) electrons. The van der Waals surface area contributed by atoms with Crippen LogP contribution in [-0.2, 0) is 0 Å². The van der Waals surface area contributed by atoms with E-state index in [1.807, 2.05) is 6.07 Å². The van der Waals surface area contributed by atoms with Gasteiger partial charge in [0.15, 0.2) is 5.65 Å². The molecule has 5 heteroatoms. The van der Waals surface area contributed by atoms with Crippen molar-refractivity contribution in [3.05, 3.63) is 33.9 Å². The number of aromatic nitrogens is 3. The Kier molecular flexibility index (Phi) is 1.43. The Balaban J connectivity index is 2.94. The number of hydrogen-bond donors (Lipinski definition) is 1. The minimum Gasteiger partial charge on any atom is -0.250 e. The van der Waals surface area contributed by atoms with Crippen LogP contribution in [0.4, 0.5) is 0 Å². The van der Waals surface area contributed by atoms with Gasteiger partial charge in [-0.15, -0.1) is 0 Å². The molecule has 0 spiro atoms. The van der Waals surface area contributed by atoms with Gasteiger partial charge in [0.25, 0.3) is 0 Å². The van der Waals surface area contributed by atoms with Gasteiger partial charge in [-0.3, -0.25) is 4.40 Å². The summed E-state index contributed by atoms with van der Waals surface area (Å²) < 4.78 is 1.37. The highest BCUT2D eigenvalue weighted by molar-refractivity contribution is 5.48. The third-order valence-corrected chi connectivity index (χ3v) is 1.87. The van der Waals surface area contributed by atoms with E-state index in [4.69, 9.17) is 5.26 Å². The van der Waals surface area contributed by atoms with E-state index < -0.39 is 0 Å². The summed E-state index contributed by atoms with van der Waals surface area (Å²) in [7, 11) is 0. The van der Waals surface area contributed by atoms with Gasteiger partial charge in [-0.2, -0.15) is 10.4 Å². The summed E-state index contributed by atoms with van der Waals surface area (Å²) in [5, 5.41) is 14.8. The van der Waals surface area contributed by atoms with Crippen LogP contribution in [0.3, 0.4) is 0 Å². The second kappa shape index (κ2) is 2.45. The van der Waals surface area contributed by atoms with Gasteiger partial charge in [-0.05, 0) is 12.5 Å². The number of pyridine rings is 1. The van der Waals surface area contributed by atoms with Gasteiger partial charge in [0, 0.05) is 12.3 Å². The van der Waals surface area contributed by atoms with Gasteiger partial charge in [0.05, 0.1) is 11.6 Å². The predicted molar refractivity (Wildman–Crippen MR) is 45.3 cm³/mol. The molecule has 2 rings (SSSR count). The lowest BCUT2D eigenvalue weighted by molar-refractivity contribution is 1.02. The lowest BCUT2D eigenvalue weighted by Crippen LogP contribution is -2.09. The van der Waals surface area contributed by atoms with Crippen LogP contribution in [0.5, 0.6) is 0 Å². The molecule has 0 bridgehead atoms. The molecule has 2 aromatic heterocycles. The van der Waals surface area contributed by atoms with Crippen molar-refractivity contribution >= 4 is 5.65 Å². The van der Waals surface area contributed by atoms with Crippen molar-refractivity contribution in [2.75, 3.05) is 0 Å². The van der Waals surface area contributed by atoms with Crippen LogP contribution in [0.1, 0.15) is 11.1 Å². The summed E-state index contributed by atoms with van der Waals surface area (Å²) in [4.78, 5) is 11.1. The third-order valence-electron chi connectivity index (χ3n) is 1.87. The zero-order valence-electron chi connectivity index (χ0n) is 6.90. The summed E-state index contributed by atoms with van der Waals surface area (Å²) in [5.74, 6) is 0. The van der Waals surface area contributed by atoms with E-state index in [1.54, 1.807) is 19.2 Å². The molecule has 0 saturated heterocycles. The van der Waals surface area contributed by atoms with Crippen molar-refractivity contribution in [1.29, 1.82) is 5.26 Å². The molecule has 0 fully saturated rings. The zero-order chi connectivity index (χ0) is 9.42. The van der Waals surface area contributed by atoms with E-state index in [-0.39, 0.29) is 5.69 Å². The third kappa shape index (κ3) is 0.999. The molecule has 5 nitrogen and oxygen atoms in total. The van der Waals surface area contributed by atoms with Crippen LogP contribution in [0.15, 0.2) is 17.1 Å². The fourth-order valence-electron chi connectivity index (χ4n) is 1.17. The normalized spacial score (nSPS) is 10.2. The molecule has 0 atom stereocenters. The van der Waals surface area contributed by atoms with E-state index in [0.717, 1.165) is 5.56 Å². The minimum absolute atomic E-state index is 0.289. The molecule has 0 aliphatic rings. The van der Waals surface area contributed by atoms with Gasteiger partial charge in [-0.25, -0.2) is 9.89 Å². The molecule has 2 heterocycles. The number of hydrogen-bond acceptors (Lipinski definition) is 3. The van der Waals surface area contributed by atoms with Crippen molar-refractivity contribution in [3.63, 3.8) is 0 Å². The maximum absolute atomic E-state index is 11.1. The summed E-state index contributed by atoms with van der Waals surface area (Å²) in [5.41, 5.74) is 1.47. The monoisotopic (exact) mass is 174 g/mol. The van der Waals surface area contributed by atoms with Gasteiger partial charge in [-0.1, -0.05) is 0 Å². The van der Waals surface area contributed by atoms with Crippen LogP contribution < -0.4 is 5.69 Å². The Labute approximate surface area is 73.2 Å². The highest BCUT2D eigenvalue weighted by Crippen LogP contribution is 2.07. The van der Waals surface area contributed by atoms with E-state index >= 15 is 0 Å². The Morgan fingerprint density at radius 3 is 3.15 bits per heavy atom. The predicted octanol–water partition coefficient (Wildman–Crippen LogP) is 0.203. The highest BCUT2D eigenvalue weighted by atomic mass is 16.1. The molecule has 13 heavy (non-hydrogen) atoms. The Bertz CT molecular complexity index is 558. The first kappa shape index (κ1) is 7.55. The number of nitrogens with one attached hydrogen (secondary N) is 1. The molecule has 1 N–H and O–H groups in total. The Morgan fingerprint density at radius 2 is 2.46 bits per heavy atom. The lowest BCUT2D eigenvalue weighted by atomic mass is 10.2. The number of aromatic amines is 1. The largest absolute Gasteiger partial charge is 0.347 e. The van der Waals surface area contributed by atoms with Crippen molar-refractivity contribution in [2.24, 2.45) is 0 Å².